The Labute approximate surface area is 82.6 Å². The molecule has 2 unspecified atom stereocenters. The van der Waals surface area contributed by atoms with Crippen LogP contribution in [0.25, 0.3) is 0 Å². The van der Waals surface area contributed by atoms with Crippen LogP contribution < -0.4 is 0 Å². The molecule has 2 nitrogen and oxygen atoms in total. The zero-order valence-electron chi connectivity index (χ0n) is 7.60. The topological polar surface area (TPSA) is 37.3 Å². The molecule has 1 aromatic rings. The van der Waals surface area contributed by atoms with Crippen molar-refractivity contribution < 1.29 is 9.90 Å². The number of terminal acetylenes is 1. The second kappa shape index (κ2) is 3.19. The molecule has 1 aromatic carbocycles. The Kier molecular flexibility index (Phi) is 2.01. The zero-order valence-corrected chi connectivity index (χ0v) is 7.60. The summed E-state index contributed by atoms with van der Waals surface area (Å²) in [5.74, 6) is 1.84. The van der Waals surface area contributed by atoms with E-state index in [0.29, 0.717) is 0 Å². The van der Waals surface area contributed by atoms with E-state index in [2.05, 4.69) is 5.92 Å². The van der Waals surface area contributed by atoms with Gasteiger partial charge < -0.3 is 5.11 Å². The van der Waals surface area contributed by atoms with Gasteiger partial charge >= 0.3 is 5.97 Å². The van der Waals surface area contributed by atoms with Gasteiger partial charge in [-0.2, -0.15) is 0 Å². The smallest absolute Gasteiger partial charge is 0.307 e. The van der Waals surface area contributed by atoms with Crippen molar-refractivity contribution in [3.8, 4) is 12.3 Å². The van der Waals surface area contributed by atoms with E-state index in [4.69, 9.17) is 11.5 Å². The highest BCUT2D eigenvalue weighted by molar-refractivity contribution is 5.75. The van der Waals surface area contributed by atoms with Crippen LogP contribution in [0.1, 0.15) is 23.5 Å². The van der Waals surface area contributed by atoms with Gasteiger partial charge in [0.25, 0.3) is 0 Å². The number of hydrogen-bond acceptors (Lipinski definition) is 1. The summed E-state index contributed by atoms with van der Waals surface area (Å²) in [5, 5.41) is 8.75. The number of carbonyl (C=O) groups is 1. The molecule has 0 saturated heterocycles. The van der Waals surface area contributed by atoms with Gasteiger partial charge in [-0.25, -0.2) is 0 Å². The van der Waals surface area contributed by atoms with E-state index < -0.39 is 5.97 Å². The predicted molar refractivity (Wildman–Crippen MR) is 52.9 cm³/mol. The fourth-order valence-electron chi connectivity index (χ4n) is 1.66. The lowest BCUT2D eigenvalue weighted by molar-refractivity contribution is -0.138. The third kappa shape index (κ3) is 1.49. The maximum absolute atomic E-state index is 10.6. The van der Waals surface area contributed by atoms with Crippen LogP contribution >= 0.6 is 0 Å². The average molecular weight is 186 g/mol. The predicted octanol–water partition coefficient (Wildman–Crippen LogP) is 1.86. The first-order chi connectivity index (χ1) is 6.72. The highest BCUT2D eigenvalue weighted by Crippen LogP contribution is 2.47. The Morgan fingerprint density at radius 2 is 2.07 bits per heavy atom. The molecule has 1 N–H and O–H groups in total. The lowest BCUT2D eigenvalue weighted by atomic mass is 10.1. The minimum atomic E-state index is -0.698. The van der Waals surface area contributed by atoms with Gasteiger partial charge in [0, 0.05) is 5.56 Å². The van der Waals surface area contributed by atoms with Crippen LogP contribution in [0, 0.1) is 18.3 Å². The van der Waals surface area contributed by atoms with Crippen molar-refractivity contribution in [2.75, 3.05) is 0 Å². The van der Waals surface area contributed by atoms with Crippen LogP contribution in [0.3, 0.4) is 0 Å². The molecule has 2 heteroatoms. The van der Waals surface area contributed by atoms with Crippen molar-refractivity contribution in [1.82, 2.24) is 0 Å². The van der Waals surface area contributed by atoms with Crippen molar-refractivity contribution in [2.24, 2.45) is 5.92 Å². The van der Waals surface area contributed by atoms with E-state index in [-0.39, 0.29) is 11.8 Å². The van der Waals surface area contributed by atoms with E-state index in [1.165, 1.54) is 0 Å². The summed E-state index contributed by atoms with van der Waals surface area (Å²) < 4.78 is 0. The number of carboxylic acids is 1. The first-order valence-electron chi connectivity index (χ1n) is 4.51. The normalized spacial score (nSPS) is 23.9. The van der Waals surface area contributed by atoms with Crippen molar-refractivity contribution >= 4 is 5.97 Å². The van der Waals surface area contributed by atoms with Gasteiger partial charge in [0.15, 0.2) is 0 Å². The Bertz CT molecular complexity index is 397. The molecule has 1 saturated carbocycles. The van der Waals surface area contributed by atoms with Gasteiger partial charge in [0.05, 0.1) is 5.92 Å². The number of carboxylic acid groups (broad SMARTS) is 1. The molecule has 0 bridgehead atoms. The molecule has 0 amide bonds. The number of benzene rings is 1. The number of hydrogen-bond donors (Lipinski definition) is 1. The Hall–Kier alpha value is -1.75. The quantitative estimate of drug-likeness (QED) is 0.716. The highest BCUT2D eigenvalue weighted by atomic mass is 16.4. The van der Waals surface area contributed by atoms with Crippen LogP contribution in [-0.4, -0.2) is 11.1 Å². The summed E-state index contributed by atoms with van der Waals surface area (Å²) in [6, 6.07) is 7.55. The minimum absolute atomic E-state index is 0.188. The largest absolute Gasteiger partial charge is 0.481 e. The molecule has 0 spiro atoms. The molecule has 70 valence electrons. The molecular weight excluding hydrogens is 176 g/mol. The van der Waals surface area contributed by atoms with E-state index in [0.717, 1.165) is 17.5 Å². The van der Waals surface area contributed by atoms with Gasteiger partial charge in [-0.3, -0.25) is 4.79 Å². The summed E-state index contributed by atoms with van der Waals surface area (Å²) in [7, 11) is 0. The molecule has 14 heavy (non-hydrogen) atoms. The Morgan fingerprint density at radius 1 is 1.43 bits per heavy atom. The third-order valence-corrected chi connectivity index (χ3v) is 2.61. The molecule has 1 aliphatic rings. The van der Waals surface area contributed by atoms with Crippen molar-refractivity contribution in [2.45, 2.75) is 12.3 Å². The van der Waals surface area contributed by atoms with Gasteiger partial charge in [-0.15, -0.1) is 6.42 Å². The summed E-state index contributed by atoms with van der Waals surface area (Å²) in [6.45, 7) is 0. The molecule has 0 aliphatic heterocycles. The first kappa shape index (κ1) is 8.83. The van der Waals surface area contributed by atoms with E-state index in [1.807, 2.05) is 24.3 Å². The Balaban J connectivity index is 2.13. The third-order valence-electron chi connectivity index (χ3n) is 2.61. The summed E-state index contributed by atoms with van der Waals surface area (Å²) in [4.78, 5) is 10.6. The number of rotatable bonds is 2. The lowest BCUT2D eigenvalue weighted by Crippen LogP contribution is -1.98. The molecule has 0 radical (unpaired) electrons. The monoisotopic (exact) mass is 186 g/mol. The van der Waals surface area contributed by atoms with Gasteiger partial charge in [0.1, 0.15) is 0 Å². The molecule has 2 atom stereocenters. The molecule has 1 aliphatic carbocycles. The molecular formula is C12H10O2. The van der Waals surface area contributed by atoms with Crippen LogP contribution in [0.4, 0.5) is 0 Å². The number of aliphatic carboxylic acids is 1. The maximum atomic E-state index is 10.6. The zero-order chi connectivity index (χ0) is 10.1. The first-order valence-corrected chi connectivity index (χ1v) is 4.51. The molecule has 0 aromatic heterocycles. The summed E-state index contributed by atoms with van der Waals surface area (Å²) >= 11 is 0. The minimum Gasteiger partial charge on any atom is -0.481 e. The van der Waals surface area contributed by atoms with E-state index in [1.54, 1.807) is 0 Å². The van der Waals surface area contributed by atoms with Crippen LogP contribution in [0.2, 0.25) is 0 Å². The van der Waals surface area contributed by atoms with E-state index in [9.17, 15) is 4.79 Å². The molecule has 0 heterocycles. The lowest BCUT2D eigenvalue weighted by Gasteiger charge is -1.98. The van der Waals surface area contributed by atoms with Gasteiger partial charge in [-0.1, -0.05) is 18.1 Å². The summed E-state index contributed by atoms with van der Waals surface area (Å²) in [5.41, 5.74) is 1.91. The van der Waals surface area contributed by atoms with E-state index >= 15 is 0 Å². The second-order valence-corrected chi connectivity index (χ2v) is 3.55. The van der Waals surface area contributed by atoms with Crippen molar-refractivity contribution in [1.29, 1.82) is 0 Å². The van der Waals surface area contributed by atoms with Crippen LogP contribution in [-0.2, 0) is 4.79 Å². The fraction of sp³-hybridized carbons (Fsp3) is 0.250. The summed E-state index contributed by atoms with van der Waals surface area (Å²) in [6.07, 6.45) is 5.98. The fourth-order valence-corrected chi connectivity index (χ4v) is 1.66. The van der Waals surface area contributed by atoms with Crippen LogP contribution in [0.5, 0.6) is 0 Å². The standard InChI is InChI=1S/C12H10O2/c1-2-8-3-5-9(6-4-8)10-7-11(10)12(13)14/h1,3-6,10-11H,7H2,(H,13,14). The highest BCUT2D eigenvalue weighted by Gasteiger charge is 2.43. The van der Waals surface area contributed by atoms with Crippen LogP contribution in [0.15, 0.2) is 24.3 Å². The Morgan fingerprint density at radius 3 is 2.50 bits per heavy atom. The molecule has 2 rings (SSSR count). The average Bonchev–Trinajstić information content (AvgIpc) is 2.97. The van der Waals surface area contributed by atoms with Crippen molar-refractivity contribution in [3.05, 3.63) is 35.4 Å². The molecule has 1 fully saturated rings. The van der Waals surface area contributed by atoms with Gasteiger partial charge in [-0.05, 0) is 30.0 Å². The van der Waals surface area contributed by atoms with Gasteiger partial charge in [0.2, 0.25) is 0 Å². The SMILES string of the molecule is C#Cc1ccc(C2CC2C(=O)O)cc1. The van der Waals surface area contributed by atoms with Crippen molar-refractivity contribution in [3.63, 3.8) is 0 Å². The second-order valence-electron chi connectivity index (χ2n) is 3.55. The maximum Gasteiger partial charge on any atom is 0.307 e.